The Morgan fingerprint density at radius 3 is 2.41 bits per heavy atom. The van der Waals surface area contributed by atoms with Crippen molar-refractivity contribution in [1.29, 1.82) is 0 Å². The van der Waals surface area contributed by atoms with E-state index in [1.165, 1.54) is 0 Å². The van der Waals surface area contributed by atoms with Gasteiger partial charge in [-0.15, -0.1) is 0 Å². The van der Waals surface area contributed by atoms with Gasteiger partial charge in [0.05, 0.1) is 6.61 Å². The minimum atomic E-state index is -0.0750. The van der Waals surface area contributed by atoms with Crippen molar-refractivity contribution in [3.8, 4) is 5.75 Å². The number of nitrogens with one attached hydrogen (secondary N) is 1. The summed E-state index contributed by atoms with van der Waals surface area (Å²) in [4.78, 5) is 0. The number of aromatic hydroxyl groups is 1. The van der Waals surface area contributed by atoms with Crippen molar-refractivity contribution < 1.29 is 10.2 Å². The number of benzene rings is 1. The van der Waals surface area contributed by atoms with Gasteiger partial charge in [0, 0.05) is 6.04 Å². The number of aliphatic hydroxyl groups is 1. The predicted octanol–water partition coefficient (Wildman–Crippen LogP) is 1.81. The largest absolute Gasteiger partial charge is 0.508 e. The minimum absolute atomic E-state index is 0.0624. The number of phenolic OH excluding ortho intramolecular Hbond substituents is 1. The first-order chi connectivity index (χ1) is 7.88. The van der Waals surface area contributed by atoms with Gasteiger partial charge >= 0.3 is 0 Å². The molecular formula is C14H23NO2. The average molecular weight is 237 g/mol. The van der Waals surface area contributed by atoms with Gasteiger partial charge in [-0.3, -0.25) is 0 Å². The van der Waals surface area contributed by atoms with E-state index in [0.29, 0.717) is 5.75 Å². The van der Waals surface area contributed by atoms with E-state index >= 15 is 0 Å². The zero-order valence-electron chi connectivity index (χ0n) is 11.1. The van der Waals surface area contributed by atoms with E-state index in [2.05, 4.69) is 26.1 Å². The van der Waals surface area contributed by atoms with Gasteiger partial charge in [-0.25, -0.2) is 0 Å². The van der Waals surface area contributed by atoms with Crippen molar-refractivity contribution >= 4 is 0 Å². The van der Waals surface area contributed by atoms with Gasteiger partial charge < -0.3 is 15.5 Å². The van der Waals surface area contributed by atoms with Crippen molar-refractivity contribution in [3.05, 3.63) is 29.3 Å². The molecule has 0 bridgehead atoms. The molecular weight excluding hydrogens is 214 g/mol. The van der Waals surface area contributed by atoms with Gasteiger partial charge in [0.15, 0.2) is 0 Å². The summed E-state index contributed by atoms with van der Waals surface area (Å²) >= 11 is 0. The molecule has 1 unspecified atom stereocenters. The summed E-state index contributed by atoms with van der Waals surface area (Å²) < 4.78 is 0. The van der Waals surface area contributed by atoms with Gasteiger partial charge in [-0.1, -0.05) is 32.9 Å². The first-order valence-electron chi connectivity index (χ1n) is 5.99. The molecule has 0 spiro atoms. The second-order valence-electron chi connectivity index (χ2n) is 5.47. The number of likely N-dealkylation sites (N-methyl/N-ethyl adjacent to an activating group) is 1. The second kappa shape index (κ2) is 5.52. The Morgan fingerprint density at radius 2 is 1.94 bits per heavy atom. The molecule has 3 N–H and O–H groups in total. The molecule has 3 nitrogen and oxygen atoms in total. The third kappa shape index (κ3) is 3.72. The van der Waals surface area contributed by atoms with Crippen LogP contribution in [0.1, 0.15) is 31.9 Å². The first-order valence-corrected chi connectivity index (χ1v) is 5.99. The summed E-state index contributed by atoms with van der Waals surface area (Å²) in [6, 6.07) is 5.73. The predicted molar refractivity (Wildman–Crippen MR) is 70.4 cm³/mol. The fraction of sp³-hybridized carbons (Fsp3) is 0.571. The zero-order valence-corrected chi connectivity index (χ0v) is 11.1. The highest BCUT2D eigenvalue weighted by molar-refractivity contribution is 5.40. The molecule has 1 aromatic rings. The van der Waals surface area contributed by atoms with Crippen LogP contribution in [0.25, 0.3) is 0 Å². The molecule has 0 heterocycles. The van der Waals surface area contributed by atoms with Crippen molar-refractivity contribution in [2.24, 2.45) is 0 Å². The molecule has 3 heteroatoms. The Bertz CT molecular complexity index is 365. The highest BCUT2D eigenvalue weighted by Gasteiger charge is 2.18. The molecule has 1 aromatic carbocycles. The summed E-state index contributed by atoms with van der Waals surface area (Å²) in [5.41, 5.74) is 2.00. The molecule has 1 rings (SSSR count). The van der Waals surface area contributed by atoms with E-state index in [1.807, 2.05) is 19.2 Å². The standard InChI is InChI=1S/C14H23NO2/c1-14(2,3)12-8-10(5-6-13(12)17)7-11(9-16)15-4/h5-6,8,11,15-17H,7,9H2,1-4H3. The van der Waals surface area contributed by atoms with Crippen LogP contribution in [-0.2, 0) is 11.8 Å². The number of rotatable bonds is 4. The third-order valence-electron chi connectivity index (χ3n) is 2.98. The van der Waals surface area contributed by atoms with E-state index in [1.54, 1.807) is 6.07 Å². The Kier molecular flexibility index (Phi) is 4.54. The highest BCUT2D eigenvalue weighted by atomic mass is 16.3. The van der Waals surface area contributed by atoms with Crippen molar-refractivity contribution in [2.75, 3.05) is 13.7 Å². The Labute approximate surface area is 103 Å². The first kappa shape index (κ1) is 14.0. The summed E-state index contributed by atoms with van der Waals surface area (Å²) in [5.74, 6) is 0.339. The smallest absolute Gasteiger partial charge is 0.119 e. The second-order valence-corrected chi connectivity index (χ2v) is 5.47. The van der Waals surface area contributed by atoms with E-state index in [0.717, 1.165) is 17.5 Å². The van der Waals surface area contributed by atoms with Crippen LogP contribution in [0.15, 0.2) is 18.2 Å². The number of phenols is 1. The molecule has 0 aliphatic rings. The lowest BCUT2D eigenvalue weighted by Crippen LogP contribution is -2.31. The van der Waals surface area contributed by atoms with Crippen LogP contribution in [0, 0.1) is 0 Å². The van der Waals surface area contributed by atoms with Crippen LogP contribution in [-0.4, -0.2) is 29.9 Å². The average Bonchev–Trinajstić information content (AvgIpc) is 2.26. The fourth-order valence-corrected chi connectivity index (χ4v) is 1.85. The molecule has 0 saturated carbocycles. The normalized spacial score (nSPS) is 13.7. The van der Waals surface area contributed by atoms with Gasteiger partial charge in [0.25, 0.3) is 0 Å². The monoisotopic (exact) mass is 237 g/mol. The van der Waals surface area contributed by atoms with E-state index in [4.69, 9.17) is 5.11 Å². The molecule has 0 aromatic heterocycles. The van der Waals surface area contributed by atoms with Crippen LogP contribution < -0.4 is 5.32 Å². The lowest BCUT2D eigenvalue weighted by atomic mass is 9.85. The Balaban J connectivity index is 2.97. The summed E-state index contributed by atoms with van der Waals surface area (Å²) in [7, 11) is 1.84. The Hall–Kier alpha value is -1.06. The van der Waals surface area contributed by atoms with Crippen molar-refractivity contribution in [1.82, 2.24) is 5.32 Å². The van der Waals surface area contributed by atoms with Crippen LogP contribution in [0.2, 0.25) is 0 Å². The lowest BCUT2D eigenvalue weighted by Gasteiger charge is -2.22. The summed E-state index contributed by atoms with van der Waals surface area (Å²) in [6.07, 6.45) is 0.760. The van der Waals surface area contributed by atoms with Gasteiger partial charge in [0.1, 0.15) is 5.75 Å². The Morgan fingerprint density at radius 1 is 1.29 bits per heavy atom. The van der Waals surface area contributed by atoms with Gasteiger partial charge in [0.2, 0.25) is 0 Å². The lowest BCUT2D eigenvalue weighted by molar-refractivity contribution is 0.248. The molecule has 0 aliphatic carbocycles. The number of hydrogen-bond donors (Lipinski definition) is 3. The molecule has 0 radical (unpaired) electrons. The molecule has 0 aliphatic heterocycles. The highest BCUT2D eigenvalue weighted by Crippen LogP contribution is 2.31. The molecule has 0 amide bonds. The molecule has 0 fully saturated rings. The van der Waals surface area contributed by atoms with Gasteiger partial charge in [-0.05, 0) is 36.1 Å². The zero-order chi connectivity index (χ0) is 13.1. The molecule has 1 atom stereocenters. The number of aliphatic hydroxyl groups excluding tert-OH is 1. The van der Waals surface area contributed by atoms with Gasteiger partial charge in [-0.2, -0.15) is 0 Å². The summed E-state index contributed by atoms with van der Waals surface area (Å²) in [5, 5.41) is 22.1. The van der Waals surface area contributed by atoms with Crippen molar-refractivity contribution in [2.45, 2.75) is 38.6 Å². The van der Waals surface area contributed by atoms with Crippen LogP contribution in [0.3, 0.4) is 0 Å². The maximum Gasteiger partial charge on any atom is 0.119 e. The van der Waals surface area contributed by atoms with E-state index in [-0.39, 0.29) is 18.1 Å². The SMILES string of the molecule is CNC(CO)Cc1ccc(O)c(C(C)(C)C)c1. The van der Waals surface area contributed by atoms with E-state index in [9.17, 15) is 5.11 Å². The maximum absolute atomic E-state index is 9.85. The van der Waals surface area contributed by atoms with Crippen LogP contribution in [0.4, 0.5) is 0 Å². The topological polar surface area (TPSA) is 52.5 Å². The minimum Gasteiger partial charge on any atom is -0.508 e. The fourth-order valence-electron chi connectivity index (χ4n) is 1.85. The molecule has 17 heavy (non-hydrogen) atoms. The number of hydrogen-bond acceptors (Lipinski definition) is 3. The molecule has 96 valence electrons. The summed E-state index contributed by atoms with van der Waals surface area (Å²) in [6.45, 7) is 6.34. The van der Waals surface area contributed by atoms with E-state index < -0.39 is 0 Å². The maximum atomic E-state index is 9.85. The molecule has 0 saturated heterocycles. The van der Waals surface area contributed by atoms with Crippen LogP contribution >= 0.6 is 0 Å². The third-order valence-corrected chi connectivity index (χ3v) is 2.98. The quantitative estimate of drug-likeness (QED) is 0.748. The van der Waals surface area contributed by atoms with Crippen LogP contribution in [0.5, 0.6) is 5.75 Å². The van der Waals surface area contributed by atoms with Crippen molar-refractivity contribution in [3.63, 3.8) is 0 Å².